The van der Waals surface area contributed by atoms with Crippen molar-refractivity contribution in [3.8, 4) is 0 Å². The van der Waals surface area contributed by atoms with Crippen molar-refractivity contribution in [1.29, 1.82) is 0 Å². The number of carbonyl (C=O) groups is 3. The van der Waals surface area contributed by atoms with E-state index in [1.165, 1.54) is 11.8 Å². The van der Waals surface area contributed by atoms with Crippen LogP contribution < -0.4 is 11.1 Å². The van der Waals surface area contributed by atoms with Crippen molar-refractivity contribution in [3.63, 3.8) is 0 Å². The highest BCUT2D eigenvalue weighted by molar-refractivity contribution is 7.99. The molecule has 2 atom stereocenters. The Hall–Kier alpha value is -3.21. The van der Waals surface area contributed by atoms with Crippen LogP contribution in [0.3, 0.4) is 0 Å². The van der Waals surface area contributed by atoms with E-state index in [2.05, 4.69) is 22.4 Å². The summed E-state index contributed by atoms with van der Waals surface area (Å²) >= 11 is 1.53. The van der Waals surface area contributed by atoms with Crippen molar-refractivity contribution < 1.29 is 29.3 Å². The minimum atomic E-state index is -1.26. The maximum atomic E-state index is 11.6. The van der Waals surface area contributed by atoms with E-state index in [-0.39, 0.29) is 11.4 Å². The molecule has 1 aliphatic rings. The number of nitrogens with one attached hydrogen (secondary N) is 1. The summed E-state index contributed by atoms with van der Waals surface area (Å²) in [5.41, 5.74) is 7.06. The lowest BCUT2D eigenvalue weighted by molar-refractivity contribution is -0.134. The molecule has 0 aliphatic carbocycles. The molecular weight excluding hydrogens is 422 g/mol. The van der Waals surface area contributed by atoms with Gasteiger partial charge in [-0.15, -0.1) is 0 Å². The molecule has 1 amide bonds. The number of hydrogen-bond donors (Lipinski definition) is 4. The van der Waals surface area contributed by atoms with Gasteiger partial charge in [0.25, 0.3) is 5.91 Å². The van der Waals surface area contributed by atoms with Crippen molar-refractivity contribution in [3.05, 3.63) is 71.9 Å². The molecule has 10 heteroatoms. The molecule has 9 nitrogen and oxygen atoms in total. The number of morpholine rings is 1. The number of ether oxygens (including phenoxy) is 1. The summed E-state index contributed by atoms with van der Waals surface area (Å²) in [6, 6.07) is 13.6. The fourth-order valence-electron chi connectivity index (χ4n) is 2.72. The predicted octanol–water partition coefficient (Wildman–Crippen LogP) is 1.71. The minimum absolute atomic E-state index is 0.0129. The lowest BCUT2D eigenvalue weighted by atomic mass is 10.1. The normalized spacial score (nSPS) is 16.7. The summed E-state index contributed by atoms with van der Waals surface area (Å²) in [6.45, 7) is 2.31. The van der Waals surface area contributed by atoms with Gasteiger partial charge in [0.05, 0.1) is 23.5 Å². The molecule has 31 heavy (non-hydrogen) atoms. The molecule has 1 saturated heterocycles. The van der Waals surface area contributed by atoms with E-state index in [4.69, 9.17) is 20.7 Å². The minimum Gasteiger partial charge on any atom is -0.478 e. The summed E-state index contributed by atoms with van der Waals surface area (Å²) in [7, 11) is 0. The van der Waals surface area contributed by atoms with Crippen LogP contribution in [0.5, 0.6) is 0 Å². The molecule has 0 bridgehead atoms. The van der Waals surface area contributed by atoms with Gasteiger partial charge in [-0.1, -0.05) is 42.1 Å². The van der Waals surface area contributed by atoms with Gasteiger partial charge in [-0.25, -0.2) is 14.6 Å². The average Bonchev–Trinajstić information content (AvgIpc) is 2.78. The van der Waals surface area contributed by atoms with E-state index < -0.39 is 17.8 Å². The molecule has 164 valence electrons. The van der Waals surface area contributed by atoms with E-state index >= 15 is 0 Å². The fourth-order valence-corrected chi connectivity index (χ4v) is 3.99. The molecule has 2 aromatic rings. The van der Waals surface area contributed by atoms with Crippen molar-refractivity contribution in [2.75, 3.05) is 19.7 Å². The number of aliphatic carboxylic acids is 2. The molecular formula is C21H23N3O6S. The van der Waals surface area contributed by atoms with Crippen LogP contribution in [0.15, 0.2) is 65.8 Å². The number of carbonyl (C=O) groups excluding carboxylic acids is 1. The number of nitrogens with zero attached hydrogens (tertiary/aromatic N) is 1. The SMILES string of the molecule is NC(=O)c1cccnc1S[C@@H](c1ccccc1)C1CNCCO1.O=C(O)C=CC(=O)O. The van der Waals surface area contributed by atoms with Gasteiger partial charge < -0.3 is 26.0 Å². The summed E-state index contributed by atoms with van der Waals surface area (Å²) in [4.78, 5) is 35.1. The standard InChI is InChI=1S/C17H19N3O2S.C4H4O4/c18-16(21)13-7-4-8-20-17(13)23-15(12-5-2-1-3-6-12)14-11-19-9-10-22-14;5-3(6)1-2-4(7)8/h1-8,14-15,19H,9-11H2,(H2,18,21);1-2H,(H,5,6)(H,7,8)/t14?,15-;/m0./s1. The number of thioether (sulfide) groups is 1. The van der Waals surface area contributed by atoms with Crippen LogP contribution in [0.25, 0.3) is 0 Å². The van der Waals surface area contributed by atoms with Crippen molar-refractivity contribution in [1.82, 2.24) is 10.3 Å². The lowest BCUT2D eigenvalue weighted by Gasteiger charge is -2.31. The van der Waals surface area contributed by atoms with E-state index in [0.29, 0.717) is 29.3 Å². The van der Waals surface area contributed by atoms with E-state index in [1.54, 1.807) is 18.3 Å². The monoisotopic (exact) mass is 445 g/mol. The Morgan fingerprint density at radius 2 is 1.81 bits per heavy atom. The Balaban J connectivity index is 0.000000366. The number of carboxylic acids is 2. The molecule has 1 fully saturated rings. The summed E-state index contributed by atoms with van der Waals surface area (Å²) in [5.74, 6) is -2.98. The zero-order valence-corrected chi connectivity index (χ0v) is 17.3. The van der Waals surface area contributed by atoms with Gasteiger partial charge in [-0.05, 0) is 17.7 Å². The second kappa shape index (κ2) is 12.5. The zero-order chi connectivity index (χ0) is 22.6. The zero-order valence-electron chi connectivity index (χ0n) is 16.5. The average molecular weight is 445 g/mol. The van der Waals surface area contributed by atoms with Crippen LogP contribution in [0.2, 0.25) is 0 Å². The highest BCUT2D eigenvalue weighted by Crippen LogP contribution is 2.39. The maximum absolute atomic E-state index is 11.6. The fraction of sp³-hybridized carbons (Fsp3) is 0.238. The summed E-state index contributed by atoms with van der Waals surface area (Å²) in [5, 5.41) is 19.7. The topological polar surface area (TPSA) is 152 Å². The van der Waals surface area contributed by atoms with Crippen LogP contribution in [0.1, 0.15) is 21.2 Å². The lowest BCUT2D eigenvalue weighted by Crippen LogP contribution is -2.41. The molecule has 0 spiro atoms. The Kier molecular flexibility index (Phi) is 9.69. The van der Waals surface area contributed by atoms with E-state index in [9.17, 15) is 14.4 Å². The third-order valence-electron chi connectivity index (χ3n) is 4.07. The second-order valence-electron chi connectivity index (χ2n) is 6.29. The van der Waals surface area contributed by atoms with Crippen molar-refractivity contribution in [2.45, 2.75) is 16.4 Å². The first-order valence-corrected chi connectivity index (χ1v) is 10.2. The summed E-state index contributed by atoms with van der Waals surface area (Å²) < 4.78 is 5.94. The van der Waals surface area contributed by atoms with Gasteiger partial charge in [0.15, 0.2) is 0 Å². The maximum Gasteiger partial charge on any atom is 0.328 e. The molecule has 0 radical (unpaired) electrons. The van der Waals surface area contributed by atoms with Gasteiger partial charge in [0.1, 0.15) is 5.03 Å². The number of rotatable bonds is 7. The van der Waals surface area contributed by atoms with Crippen LogP contribution >= 0.6 is 11.8 Å². The molecule has 1 aliphatic heterocycles. The van der Waals surface area contributed by atoms with E-state index in [1.807, 2.05) is 18.2 Å². The largest absolute Gasteiger partial charge is 0.478 e. The Bertz CT molecular complexity index is 900. The first kappa shape index (κ1) is 24.1. The van der Waals surface area contributed by atoms with Crippen LogP contribution in [-0.2, 0) is 14.3 Å². The summed E-state index contributed by atoms with van der Waals surface area (Å²) in [6.07, 6.45) is 2.81. The van der Waals surface area contributed by atoms with Gasteiger partial charge >= 0.3 is 11.9 Å². The third kappa shape index (κ3) is 8.21. The Labute approximate surface area is 183 Å². The molecule has 2 heterocycles. The first-order valence-electron chi connectivity index (χ1n) is 9.31. The highest BCUT2D eigenvalue weighted by atomic mass is 32.2. The number of primary amides is 1. The first-order chi connectivity index (χ1) is 14.9. The van der Waals surface area contributed by atoms with Gasteiger partial charge in [0.2, 0.25) is 0 Å². The van der Waals surface area contributed by atoms with Gasteiger partial charge in [-0.3, -0.25) is 4.79 Å². The van der Waals surface area contributed by atoms with Crippen LogP contribution in [-0.4, -0.2) is 58.8 Å². The highest BCUT2D eigenvalue weighted by Gasteiger charge is 2.28. The number of amides is 1. The quantitative estimate of drug-likeness (QED) is 0.369. The number of hydrogen-bond acceptors (Lipinski definition) is 7. The smallest absolute Gasteiger partial charge is 0.328 e. The van der Waals surface area contributed by atoms with Crippen molar-refractivity contribution in [2.24, 2.45) is 5.73 Å². The van der Waals surface area contributed by atoms with Crippen molar-refractivity contribution >= 4 is 29.6 Å². The molecule has 1 unspecified atom stereocenters. The molecule has 1 aromatic carbocycles. The van der Waals surface area contributed by atoms with Gasteiger partial charge in [-0.2, -0.15) is 0 Å². The second-order valence-corrected chi connectivity index (χ2v) is 7.42. The molecule has 5 N–H and O–H groups in total. The molecule has 3 rings (SSSR count). The number of carboxylic acid groups (broad SMARTS) is 2. The Morgan fingerprint density at radius 3 is 2.35 bits per heavy atom. The predicted molar refractivity (Wildman–Crippen MR) is 115 cm³/mol. The molecule has 1 aromatic heterocycles. The Morgan fingerprint density at radius 1 is 1.13 bits per heavy atom. The number of nitrogens with two attached hydrogens (primary N) is 1. The van der Waals surface area contributed by atoms with Gasteiger partial charge in [0, 0.05) is 31.4 Å². The number of benzene rings is 1. The van der Waals surface area contributed by atoms with E-state index in [0.717, 1.165) is 18.7 Å². The van der Waals surface area contributed by atoms with Crippen LogP contribution in [0, 0.1) is 0 Å². The molecule has 0 saturated carbocycles. The van der Waals surface area contributed by atoms with Crippen LogP contribution in [0.4, 0.5) is 0 Å². The third-order valence-corrected chi connectivity index (χ3v) is 5.44. The number of aromatic nitrogens is 1. The number of pyridine rings is 1.